The number of hydrogen-bond acceptors (Lipinski definition) is 6. The summed E-state index contributed by atoms with van der Waals surface area (Å²) in [6.45, 7) is 7.39. The number of aromatic nitrogens is 3. The molecule has 3 aromatic carbocycles. The van der Waals surface area contributed by atoms with E-state index in [1.54, 1.807) is 29.6 Å². The molecule has 2 aliphatic heterocycles. The first kappa shape index (κ1) is 28.9. The summed E-state index contributed by atoms with van der Waals surface area (Å²) in [6.07, 6.45) is -1.30. The van der Waals surface area contributed by atoms with Crippen LogP contribution in [0.4, 0.5) is 4.39 Å². The second-order valence-corrected chi connectivity index (χ2v) is 11.4. The van der Waals surface area contributed by atoms with Gasteiger partial charge < -0.3 is 19.3 Å². The highest BCUT2D eigenvalue weighted by Gasteiger charge is 2.33. The Morgan fingerprint density at radius 2 is 1.70 bits per heavy atom. The maximum atomic E-state index is 14.2. The molecule has 0 fully saturated rings. The zero-order chi connectivity index (χ0) is 31.0. The molecule has 6 bridgehead atoms. The smallest absolute Gasteiger partial charge is 0.337 e. The van der Waals surface area contributed by atoms with Gasteiger partial charge in [-0.3, -0.25) is 0 Å². The maximum absolute atomic E-state index is 14.2. The van der Waals surface area contributed by atoms with E-state index in [0.29, 0.717) is 50.9 Å². The molecule has 1 atom stereocenters. The number of benzene rings is 3. The van der Waals surface area contributed by atoms with Gasteiger partial charge in [-0.1, -0.05) is 30.0 Å². The first-order valence-corrected chi connectivity index (χ1v) is 14.1. The van der Waals surface area contributed by atoms with Gasteiger partial charge in [0.25, 0.3) is 0 Å². The van der Waals surface area contributed by atoms with Gasteiger partial charge in [0.05, 0.1) is 17.0 Å². The number of nitrogens with zero attached hydrogens (tertiary/aromatic N) is 3. The molecule has 44 heavy (non-hydrogen) atoms. The Morgan fingerprint density at radius 3 is 2.43 bits per heavy atom. The normalized spacial score (nSPS) is 13.5. The lowest BCUT2D eigenvalue weighted by atomic mass is 9.98. The molecule has 9 heteroatoms. The molecule has 0 radical (unpaired) electrons. The van der Waals surface area contributed by atoms with Crippen molar-refractivity contribution in [2.75, 3.05) is 13.2 Å². The van der Waals surface area contributed by atoms with Crippen LogP contribution in [0.1, 0.15) is 38.1 Å². The van der Waals surface area contributed by atoms with Crippen molar-refractivity contribution < 1.29 is 28.5 Å². The minimum atomic E-state index is -1.30. The number of aliphatic carboxylic acids is 1. The van der Waals surface area contributed by atoms with Crippen molar-refractivity contribution in [3.8, 4) is 57.0 Å². The van der Waals surface area contributed by atoms with E-state index in [1.807, 2.05) is 63.2 Å². The highest BCUT2D eigenvalue weighted by Crippen LogP contribution is 2.38. The summed E-state index contributed by atoms with van der Waals surface area (Å²) in [6, 6.07) is 21.2. The molecule has 7 rings (SSSR count). The molecule has 2 aromatic heterocycles. The number of fused-ring (bicyclic) bond motifs is 6. The summed E-state index contributed by atoms with van der Waals surface area (Å²) >= 11 is 0. The molecule has 4 heterocycles. The van der Waals surface area contributed by atoms with Gasteiger partial charge in [-0.2, -0.15) is 5.10 Å². The monoisotopic (exact) mass is 591 g/mol. The van der Waals surface area contributed by atoms with Gasteiger partial charge in [0, 0.05) is 40.1 Å². The molecular formula is C35H30FN3O5. The highest BCUT2D eigenvalue weighted by atomic mass is 19.1. The van der Waals surface area contributed by atoms with E-state index in [0.717, 1.165) is 11.1 Å². The number of hydrogen-bond donors (Lipinski definition) is 1. The molecule has 0 aliphatic carbocycles. The summed E-state index contributed by atoms with van der Waals surface area (Å²) in [5.74, 6) is 5.23. The molecular weight excluding hydrogens is 561 g/mol. The van der Waals surface area contributed by atoms with E-state index in [9.17, 15) is 14.3 Å². The fourth-order valence-corrected chi connectivity index (χ4v) is 5.20. The van der Waals surface area contributed by atoms with Gasteiger partial charge in [0.15, 0.2) is 11.8 Å². The van der Waals surface area contributed by atoms with Crippen molar-refractivity contribution in [3.05, 3.63) is 89.9 Å². The van der Waals surface area contributed by atoms with Crippen molar-refractivity contribution in [1.29, 1.82) is 0 Å². The Balaban J connectivity index is 1.61. The average molecular weight is 592 g/mol. The molecule has 2 aliphatic rings. The minimum absolute atomic E-state index is 0.0574. The summed E-state index contributed by atoms with van der Waals surface area (Å²) in [7, 11) is 0. The molecule has 0 spiro atoms. The Hall–Kier alpha value is -5.20. The molecule has 0 saturated carbocycles. The second-order valence-electron chi connectivity index (χ2n) is 11.4. The van der Waals surface area contributed by atoms with E-state index in [1.165, 1.54) is 12.1 Å². The average Bonchev–Trinajstić information content (AvgIpc) is 3.40. The largest absolute Gasteiger partial charge is 0.481 e. The molecule has 0 amide bonds. The third kappa shape index (κ3) is 5.85. The zero-order valence-electron chi connectivity index (χ0n) is 24.7. The molecule has 8 nitrogen and oxygen atoms in total. The van der Waals surface area contributed by atoms with Crippen LogP contribution in [0.15, 0.2) is 72.8 Å². The van der Waals surface area contributed by atoms with E-state index in [-0.39, 0.29) is 13.2 Å². The van der Waals surface area contributed by atoms with Gasteiger partial charge in [0.2, 0.25) is 0 Å². The number of ether oxygens (including phenoxy) is 3. The lowest BCUT2D eigenvalue weighted by Crippen LogP contribution is -2.29. The van der Waals surface area contributed by atoms with Gasteiger partial charge in [0.1, 0.15) is 30.5 Å². The van der Waals surface area contributed by atoms with Gasteiger partial charge >= 0.3 is 5.97 Å². The third-order valence-corrected chi connectivity index (χ3v) is 7.06. The molecule has 0 unspecified atom stereocenters. The maximum Gasteiger partial charge on any atom is 0.337 e. The zero-order valence-corrected chi connectivity index (χ0v) is 24.7. The van der Waals surface area contributed by atoms with Crippen LogP contribution in [-0.4, -0.2) is 44.5 Å². The van der Waals surface area contributed by atoms with Gasteiger partial charge in [-0.25, -0.2) is 18.7 Å². The van der Waals surface area contributed by atoms with Crippen LogP contribution in [0, 0.1) is 24.6 Å². The molecule has 222 valence electrons. The third-order valence-electron chi connectivity index (χ3n) is 7.06. The van der Waals surface area contributed by atoms with Crippen LogP contribution < -0.4 is 9.47 Å². The van der Waals surface area contributed by atoms with E-state index < -0.39 is 23.5 Å². The number of carboxylic acid groups (broad SMARTS) is 1. The molecule has 0 saturated heterocycles. The first-order valence-electron chi connectivity index (χ1n) is 14.1. The van der Waals surface area contributed by atoms with Crippen LogP contribution in [0.25, 0.3) is 39.3 Å². The Morgan fingerprint density at radius 1 is 0.977 bits per heavy atom. The summed E-state index contributed by atoms with van der Waals surface area (Å²) in [5, 5.41) is 15.3. The van der Waals surface area contributed by atoms with Crippen molar-refractivity contribution in [1.82, 2.24) is 14.6 Å². The standard InChI is InChI=1S/C35H30FN3O5/c1-21-31(33(34(40)41)44-35(2,3)4)32-22-10-13-26(14-11-22)42-16-5-6-17-43-29-19-25(36)12-15-27(29)23-8-7-9-24(18-23)28-20-30(37-21)39(32)38-28/h7-15,18-20,33H,16-17H2,1-4H3,(H,40,41)/t33-/m0/s1. The fourth-order valence-electron chi connectivity index (χ4n) is 5.20. The van der Waals surface area contributed by atoms with Crippen LogP contribution in [0.2, 0.25) is 0 Å². The number of carbonyl (C=O) groups is 1. The second kappa shape index (κ2) is 11.5. The van der Waals surface area contributed by atoms with Crippen LogP contribution in [-0.2, 0) is 9.53 Å². The Labute approximate surface area is 254 Å². The lowest BCUT2D eigenvalue weighted by Gasteiger charge is -2.27. The molecule has 1 N–H and O–H groups in total. The van der Waals surface area contributed by atoms with E-state index in [2.05, 4.69) is 11.8 Å². The lowest BCUT2D eigenvalue weighted by molar-refractivity contribution is -0.160. The van der Waals surface area contributed by atoms with E-state index >= 15 is 0 Å². The van der Waals surface area contributed by atoms with E-state index in [4.69, 9.17) is 24.3 Å². The molecule has 5 aromatic rings. The van der Waals surface area contributed by atoms with Crippen LogP contribution in [0.3, 0.4) is 0 Å². The summed E-state index contributed by atoms with van der Waals surface area (Å²) < 4.78 is 33.6. The van der Waals surface area contributed by atoms with Crippen LogP contribution >= 0.6 is 0 Å². The minimum Gasteiger partial charge on any atom is -0.481 e. The van der Waals surface area contributed by atoms with Crippen molar-refractivity contribution in [3.63, 3.8) is 0 Å². The predicted octanol–water partition coefficient (Wildman–Crippen LogP) is 6.89. The number of halogens is 1. The first-order chi connectivity index (χ1) is 21.1. The quantitative estimate of drug-likeness (QED) is 0.228. The fraction of sp³-hybridized carbons (Fsp3) is 0.229. The van der Waals surface area contributed by atoms with Crippen LogP contribution in [0.5, 0.6) is 11.5 Å². The number of aryl methyl sites for hydroxylation is 1. The number of rotatable bonds is 3. The topological polar surface area (TPSA) is 95.2 Å². The highest BCUT2D eigenvalue weighted by molar-refractivity contribution is 5.81. The van der Waals surface area contributed by atoms with Crippen molar-refractivity contribution in [2.24, 2.45) is 0 Å². The SMILES string of the molecule is Cc1nc2cc3nn2c(c1[C@H](OC(C)(C)C)C(=O)O)-c1ccc(cc1)OCC#CCOc1cc(F)ccc1-c1cccc-3c1. The van der Waals surface area contributed by atoms with Gasteiger partial charge in [-0.15, -0.1) is 0 Å². The predicted molar refractivity (Wildman–Crippen MR) is 164 cm³/mol. The number of carboxylic acids is 1. The Bertz CT molecular complexity index is 1950. The van der Waals surface area contributed by atoms with Gasteiger partial charge in [-0.05, 0) is 75.7 Å². The Kier molecular flexibility index (Phi) is 7.53. The van der Waals surface area contributed by atoms with Crippen molar-refractivity contribution >= 4 is 11.6 Å². The summed E-state index contributed by atoms with van der Waals surface area (Å²) in [4.78, 5) is 17.4. The summed E-state index contributed by atoms with van der Waals surface area (Å²) in [5.41, 5.74) is 4.87. The van der Waals surface area contributed by atoms with Crippen molar-refractivity contribution in [2.45, 2.75) is 39.4 Å².